The van der Waals surface area contributed by atoms with Crippen LogP contribution in [-0.2, 0) is 7.05 Å². The van der Waals surface area contributed by atoms with Crippen molar-refractivity contribution in [2.75, 3.05) is 26.2 Å². The molecule has 0 bridgehead atoms. The summed E-state index contributed by atoms with van der Waals surface area (Å²) in [5.74, 6) is -2.73. The summed E-state index contributed by atoms with van der Waals surface area (Å²) in [7, 11) is 1.62. The Labute approximate surface area is 226 Å². The minimum atomic E-state index is -0.743. The Morgan fingerprint density at radius 2 is 1.88 bits per heavy atom. The Balaban J connectivity index is 1.26. The Hall–Kier alpha value is -4.46. The number of aliphatic hydroxyl groups excluding tert-OH is 1. The van der Waals surface area contributed by atoms with E-state index in [1.807, 2.05) is 0 Å². The summed E-state index contributed by atoms with van der Waals surface area (Å²) in [5, 5.41) is 21.0. The maximum absolute atomic E-state index is 14.6. The molecule has 1 atom stereocenters. The third kappa shape index (κ3) is 5.21. The molecule has 14 heteroatoms. The first kappa shape index (κ1) is 27.1. The van der Waals surface area contributed by atoms with Gasteiger partial charge in [-0.1, -0.05) is 0 Å². The monoisotopic (exact) mass is 557 g/mol. The first-order chi connectivity index (χ1) is 19.2. The number of hydrazone groups is 1. The summed E-state index contributed by atoms with van der Waals surface area (Å²) in [5.41, 5.74) is 1.77. The predicted molar refractivity (Wildman–Crippen MR) is 136 cm³/mol. The number of halogens is 3. The number of ether oxygens (including phenoxy) is 1. The fraction of sp³-hybridized carbons (Fsp3) is 0.346. The zero-order valence-corrected chi connectivity index (χ0v) is 21.6. The van der Waals surface area contributed by atoms with Crippen LogP contribution >= 0.6 is 0 Å². The molecule has 1 saturated heterocycles. The number of likely N-dealkylation sites (tertiary alicyclic amines) is 1. The summed E-state index contributed by atoms with van der Waals surface area (Å²) in [6, 6.07) is 3.40. The molecule has 0 saturated carbocycles. The molecule has 0 radical (unpaired) electrons. The molecule has 2 aliphatic heterocycles. The highest BCUT2D eigenvalue weighted by Crippen LogP contribution is 2.33. The van der Waals surface area contributed by atoms with E-state index >= 15 is 0 Å². The number of nitrogens with zero attached hydrogens (tertiary/aromatic N) is 6. The molecular weight excluding hydrogens is 531 g/mol. The van der Waals surface area contributed by atoms with E-state index < -0.39 is 41.5 Å². The molecule has 5 rings (SSSR count). The number of aryl methyl sites for hydroxylation is 1. The van der Waals surface area contributed by atoms with Gasteiger partial charge in [0.15, 0.2) is 17.3 Å². The van der Waals surface area contributed by atoms with Gasteiger partial charge >= 0.3 is 6.03 Å². The van der Waals surface area contributed by atoms with Crippen molar-refractivity contribution in [2.24, 2.45) is 12.1 Å². The van der Waals surface area contributed by atoms with Crippen LogP contribution in [-0.4, -0.2) is 80.3 Å². The molecule has 2 aliphatic rings. The van der Waals surface area contributed by atoms with Crippen LogP contribution in [0.5, 0.6) is 5.75 Å². The number of hydrogen-bond acceptors (Lipinski definition) is 7. The van der Waals surface area contributed by atoms with Gasteiger partial charge in [-0.15, -0.1) is 0 Å². The van der Waals surface area contributed by atoms with E-state index in [0.717, 1.165) is 12.3 Å². The number of amides is 3. The molecule has 2 N–H and O–H groups in total. The third-order valence-electron chi connectivity index (χ3n) is 6.67. The quantitative estimate of drug-likeness (QED) is 0.460. The van der Waals surface area contributed by atoms with Crippen molar-refractivity contribution in [3.8, 4) is 17.1 Å². The van der Waals surface area contributed by atoms with Gasteiger partial charge in [-0.3, -0.25) is 14.5 Å². The lowest BCUT2D eigenvalue weighted by Crippen LogP contribution is -2.58. The molecule has 11 nitrogen and oxygen atoms in total. The average Bonchev–Trinajstić information content (AvgIpc) is 3.49. The Bertz CT molecular complexity index is 1470. The van der Waals surface area contributed by atoms with E-state index in [4.69, 9.17) is 9.84 Å². The van der Waals surface area contributed by atoms with Crippen LogP contribution in [0.1, 0.15) is 34.1 Å². The van der Waals surface area contributed by atoms with Gasteiger partial charge < -0.3 is 20.1 Å². The average molecular weight is 558 g/mol. The smallest absolute Gasteiger partial charge is 0.341 e. The summed E-state index contributed by atoms with van der Waals surface area (Å²) in [6.45, 7) is 1.83. The number of aliphatic hydroxyl groups is 1. The molecule has 0 unspecified atom stereocenters. The van der Waals surface area contributed by atoms with E-state index in [1.54, 1.807) is 14.0 Å². The summed E-state index contributed by atoms with van der Waals surface area (Å²) in [4.78, 5) is 31.0. The zero-order valence-electron chi connectivity index (χ0n) is 21.6. The number of pyridine rings is 1. The second-order valence-corrected chi connectivity index (χ2v) is 9.45. The van der Waals surface area contributed by atoms with Crippen LogP contribution < -0.4 is 10.1 Å². The van der Waals surface area contributed by atoms with Gasteiger partial charge in [0.2, 0.25) is 0 Å². The molecule has 0 aliphatic carbocycles. The largest absolute Gasteiger partial charge is 0.483 e. The summed E-state index contributed by atoms with van der Waals surface area (Å²) < 4.78 is 49.3. The number of hydrogen-bond donors (Lipinski definition) is 2. The van der Waals surface area contributed by atoms with E-state index in [0.29, 0.717) is 28.9 Å². The molecule has 1 aromatic carbocycles. The number of carbonyl (C=O) groups excluding carboxylic acids is 2. The maximum atomic E-state index is 14.6. The van der Waals surface area contributed by atoms with Gasteiger partial charge in [0, 0.05) is 43.9 Å². The number of urea groups is 1. The van der Waals surface area contributed by atoms with Crippen molar-refractivity contribution in [1.82, 2.24) is 30.0 Å². The van der Waals surface area contributed by atoms with Crippen molar-refractivity contribution in [2.45, 2.75) is 25.5 Å². The molecule has 210 valence electrons. The van der Waals surface area contributed by atoms with Gasteiger partial charge in [0.1, 0.15) is 17.7 Å². The van der Waals surface area contributed by atoms with Crippen LogP contribution in [0.2, 0.25) is 0 Å². The first-order valence-electron chi connectivity index (χ1n) is 12.5. The second kappa shape index (κ2) is 11.0. The van der Waals surface area contributed by atoms with Crippen LogP contribution in [0.25, 0.3) is 11.4 Å². The lowest BCUT2D eigenvalue weighted by atomic mass is 10.0. The summed E-state index contributed by atoms with van der Waals surface area (Å²) in [6.07, 6.45) is 2.31. The van der Waals surface area contributed by atoms with Gasteiger partial charge in [-0.2, -0.15) is 10.2 Å². The van der Waals surface area contributed by atoms with E-state index in [9.17, 15) is 22.8 Å². The zero-order chi connectivity index (χ0) is 28.6. The highest BCUT2D eigenvalue weighted by molar-refractivity contribution is 5.95. The van der Waals surface area contributed by atoms with Crippen LogP contribution in [0.15, 0.2) is 35.6 Å². The Kier molecular flexibility index (Phi) is 7.43. The third-order valence-corrected chi connectivity index (χ3v) is 6.67. The van der Waals surface area contributed by atoms with Gasteiger partial charge in [0.25, 0.3) is 5.91 Å². The lowest BCUT2D eigenvalue weighted by molar-refractivity contribution is 0.0256. The molecule has 1 fully saturated rings. The van der Waals surface area contributed by atoms with Gasteiger partial charge in [-0.05, 0) is 24.6 Å². The minimum absolute atomic E-state index is 0.0754. The molecule has 40 heavy (non-hydrogen) atoms. The van der Waals surface area contributed by atoms with E-state index in [1.165, 1.54) is 39.0 Å². The van der Waals surface area contributed by atoms with E-state index in [2.05, 4.69) is 20.5 Å². The number of rotatable bonds is 7. The number of benzene rings is 1. The number of carbonyl (C=O) groups is 2. The van der Waals surface area contributed by atoms with Gasteiger partial charge in [-0.25, -0.2) is 23.0 Å². The highest BCUT2D eigenvalue weighted by Gasteiger charge is 2.39. The fourth-order valence-corrected chi connectivity index (χ4v) is 4.73. The lowest BCUT2D eigenvalue weighted by Gasteiger charge is -2.41. The van der Waals surface area contributed by atoms with E-state index in [-0.39, 0.29) is 37.7 Å². The predicted octanol–water partition coefficient (Wildman–Crippen LogP) is 2.55. The van der Waals surface area contributed by atoms with Crippen molar-refractivity contribution in [3.63, 3.8) is 0 Å². The molecule has 3 amide bonds. The maximum Gasteiger partial charge on any atom is 0.341 e. The van der Waals surface area contributed by atoms with Crippen LogP contribution in [0.3, 0.4) is 0 Å². The standard InChI is InChI=1S/C26H26F3N7O4/c1-14-23(25(38)30-5-6-37)33-34(2)24(14)20-10-22(19(29)11-31-20)40-18-12-35(13-18)26(39)36-21(3-4-32-36)15-7-16(27)9-17(28)8-15/h4,7-11,18,21,37H,3,5-6,12-13H2,1-2H3,(H,30,38)/t21-/m0/s1. The van der Waals surface area contributed by atoms with Crippen molar-refractivity contribution in [3.05, 3.63) is 64.7 Å². The minimum Gasteiger partial charge on any atom is -0.483 e. The Morgan fingerprint density at radius 1 is 1.15 bits per heavy atom. The molecule has 0 spiro atoms. The number of aromatic nitrogens is 3. The van der Waals surface area contributed by atoms with Crippen molar-refractivity contribution >= 4 is 18.2 Å². The van der Waals surface area contributed by atoms with Gasteiger partial charge in [0.05, 0.1) is 43.3 Å². The van der Waals surface area contributed by atoms with Crippen molar-refractivity contribution < 1.29 is 32.6 Å². The highest BCUT2D eigenvalue weighted by atomic mass is 19.1. The van der Waals surface area contributed by atoms with Crippen LogP contribution in [0.4, 0.5) is 18.0 Å². The fourth-order valence-electron chi connectivity index (χ4n) is 4.73. The molecular formula is C26H26F3N7O4. The molecule has 4 heterocycles. The normalized spacial score (nSPS) is 16.8. The summed E-state index contributed by atoms with van der Waals surface area (Å²) >= 11 is 0. The molecule has 3 aromatic rings. The number of nitrogens with one attached hydrogen (secondary N) is 1. The SMILES string of the molecule is Cc1c(C(=O)NCCO)nn(C)c1-c1cc(OC2CN(C(=O)N3N=CC[C@H]3c3cc(F)cc(F)c3)C2)c(F)cn1. The molecule has 2 aromatic heterocycles. The first-order valence-corrected chi connectivity index (χ1v) is 12.5. The van der Waals surface area contributed by atoms with Crippen LogP contribution in [0, 0.1) is 24.4 Å². The topological polar surface area (TPSA) is 125 Å². The van der Waals surface area contributed by atoms with Crippen molar-refractivity contribution in [1.29, 1.82) is 0 Å². The second-order valence-electron chi connectivity index (χ2n) is 9.45. The Morgan fingerprint density at radius 3 is 2.58 bits per heavy atom.